The first-order valence-electron chi connectivity index (χ1n) is 25.0. The number of nitrogens with zero attached hydrogens (tertiary/aromatic N) is 2. The average molecular weight is 1020 g/mol. The van der Waals surface area contributed by atoms with Crippen LogP contribution in [0.5, 0.6) is 5.75 Å². The Morgan fingerprint density at radius 1 is 0.757 bits per heavy atom. The molecule has 4 amide bonds. The Hall–Kier alpha value is -7.83. The minimum atomic E-state index is -1.41. The molecule has 6 rings (SSSR count). The van der Waals surface area contributed by atoms with Gasteiger partial charge in [0.25, 0.3) is 11.8 Å². The highest BCUT2D eigenvalue weighted by atomic mass is 16.7. The fourth-order valence-corrected chi connectivity index (χ4v) is 8.24. The number of ether oxygens (including phenoxy) is 4. The standard InChI is InChI=1S/C56H65N5O13/c1-4-7-10-19-44(47(5-2)61(38-62)74-55(67)42-22-20-39(21-23-42)34-60-28-30-69-31-29-60)52(64)57-37-58-54(66)49-27-26-48(73-49)43-24-25-45(50(32-43)70-6-3)53(65)59-46(56(68)72-36-41-17-13-9-14-18-41)33-51(63)71-35-40-15-11-8-12-16-40/h8-9,11-18,20-27,32,38,44,46-47H,4-7,10,19,28-31,33-37H2,1-3H3,(H,57,64)(H,58,66)(H,59,65)/t44?,46?,47-/m1/s1. The van der Waals surface area contributed by atoms with Gasteiger partial charge in [-0.15, -0.1) is 0 Å². The van der Waals surface area contributed by atoms with E-state index in [1.165, 1.54) is 12.1 Å². The second-order valence-corrected chi connectivity index (χ2v) is 17.5. The molecule has 18 nitrogen and oxygen atoms in total. The number of carbonyl (C=O) groups excluding carboxylic acids is 7. The lowest BCUT2D eigenvalue weighted by Gasteiger charge is -2.31. The van der Waals surface area contributed by atoms with Crippen molar-refractivity contribution in [3.8, 4) is 17.1 Å². The van der Waals surface area contributed by atoms with E-state index in [0.717, 1.165) is 42.1 Å². The largest absolute Gasteiger partial charge is 0.493 e. The van der Waals surface area contributed by atoms with Gasteiger partial charge in [0.15, 0.2) is 5.76 Å². The Balaban J connectivity index is 1.06. The number of carbonyl (C=O) groups is 7. The van der Waals surface area contributed by atoms with Gasteiger partial charge in [0.1, 0.15) is 30.8 Å². The highest BCUT2D eigenvalue weighted by molar-refractivity contribution is 6.00. The first kappa shape index (κ1) is 55.5. The minimum absolute atomic E-state index is 0.0290. The molecule has 2 heterocycles. The van der Waals surface area contributed by atoms with E-state index in [1.54, 1.807) is 92.7 Å². The fourth-order valence-electron chi connectivity index (χ4n) is 8.24. The topological polar surface area (TPSA) is 221 Å². The van der Waals surface area contributed by atoms with Gasteiger partial charge >= 0.3 is 17.9 Å². The van der Waals surface area contributed by atoms with Crippen LogP contribution in [0.15, 0.2) is 120 Å². The number of nitrogens with one attached hydrogen (secondary N) is 3. The van der Waals surface area contributed by atoms with Crippen molar-refractivity contribution in [3.63, 3.8) is 0 Å². The number of morpholine rings is 1. The van der Waals surface area contributed by atoms with Gasteiger partial charge in [-0.05, 0) is 72.9 Å². The smallest absolute Gasteiger partial charge is 0.363 e. The van der Waals surface area contributed by atoms with Crippen molar-refractivity contribution in [2.75, 3.05) is 39.6 Å². The van der Waals surface area contributed by atoms with E-state index in [9.17, 15) is 33.6 Å². The third kappa shape index (κ3) is 16.6. The predicted molar refractivity (Wildman–Crippen MR) is 272 cm³/mol. The molecular weight excluding hydrogens is 951 g/mol. The van der Waals surface area contributed by atoms with Gasteiger partial charge < -0.3 is 44.2 Å². The lowest BCUT2D eigenvalue weighted by atomic mass is 9.90. The van der Waals surface area contributed by atoms with Crippen molar-refractivity contribution in [3.05, 3.63) is 149 Å². The van der Waals surface area contributed by atoms with Crippen LogP contribution in [0.25, 0.3) is 11.3 Å². The summed E-state index contributed by atoms with van der Waals surface area (Å²) >= 11 is 0. The molecule has 74 heavy (non-hydrogen) atoms. The van der Waals surface area contributed by atoms with Crippen LogP contribution < -0.4 is 20.7 Å². The van der Waals surface area contributed by atoms with E-state index >= 15 is 0 Å². The molecule has 2 unspecified atom stereocenters. The Kier molecular flexibility index (Phi) is 21.8. The van der Waals surface area contributed by atoms with E-state index in [4.69, 9.17) is 28.2 Å². The predicted octanol–water partition coefficient (Wildman–Crippen LogP) is 7.16. The second-order valence-electron chi connectivity index (χ2n) is 17.5. The van der Waals surface area contributed by atoms with Crippen molar-refractivity contribution in [1.82, 2.24) is 25.9 Å². The van der Waals surface area contributed by atoms with E-state index in [-0.39, 0.29) is 54.9 Å². The molecule has 0 radical (unpaired) electrons. The molecule has 1 aliphatic rings. The van der Waals surface area contributed by atoms with Gasteiger partial charge in [0.05, 0.1) is 56.0 Å². The van der Waals surface area contributed by atoms with Gasteiger partial charge in [0, 0.05) is 25.2 Å². The van der Waals surface area contributed by atoms with Gasteiger partial charge in [0.2, 0.25) is 12.3 Å². The van der Waals surface area contributed by atoms with Crippen molar-refractivity contribution in [1.29, 1.82) is 0 Å². The van der Waals surface area contributed by atoms with Gasteiger partial charge in [-0.3, -0.25) is 28.9 Å². The molecule has 4 aromatic carbocycles. The maximum absolute atomic E-state index is 13.8. The van der Waals surface area contributed by atoms with Gasteiger partial charge in [-0.2, -0.15) is 5.06 Å². The molecule has 0 aliphatic carbocycles. The highest BCUT2D eigenvalue weighted by Crippen LogP contribution is 2.30. The molecular formula is C56H65N5O13. The maximum atomic E-state index is 13.8. The summed E-state index contributed by atoms with van der Waals surface area (Å²) in [5, 5.41) is 8.92. The zero-order valence-electron chi connectivity index (χ0n) is 42.1. The molecule has 3 N–H and O–H groups in total. The number of benzene rings is 4. The van der Waals surface area contributed by atoms with Crippen LogP contribution in [-0.2, 0) is 58.0 Å². The Morgan fingerprint density at radius 3 is 2.09 bits per heavy atom. The number of esters is 2. The SMILES string of the molecule is CCCCCC(C(=O)NCNC(=O)c1ccc(-c2ccc(C(=O)NC(CC(=O)OCc3ccccc3)C(=O)OCc3ccccc3)c(OCC)c2)o1)[C@@H](CC)N(C=O)OC(=O)c1ccc(CN2CCOCC2)cc1. The second kappa shape index (κ2) is 29.0. The number of rotatable bonds is 28. The number of hydroxylamine groups is 2. The summed E-state index contributed by atoms with van der Waals surface area (Å²) < 4.78 is 28.1. The molecule has 1 saturated heterocycles. The molecule has 0 spiro atoms. The average Bonchev–Trinajstić information content (AvgIpc) is 3.93. The van der Waals surface area contributed by atoms with Gasteiger partial charge in [-0.1, -0.05) is 112 Å². The number of furan rings is 1. The zero-order chi connectivity index (χ0) is 52.7. The first-order valence-corrected chi connectivity index (χ1v) is 25.0. The summed E-state index contributed by atoms with van der Waals surface area (Å²) in [5.41, 5.74) is 3.22. The third-order valence-corrected chi connectivity index (χ3v) is 12.2. The Bertz CT molecular complexity index is 2620. The molecule has 392 valence electrons. The number of amides is 4. The summed E-state index contributed by atoms with van der Waals surface area (Å²) in [5.74, 6) is -4.59. The third-order valence-electron chi connectivity index (χ3n) is 12.2. The Labute approximate surface area is 430 Å². The van der Waals surface area contributed by atoms with Crippen LogP contribution in [0, 0.1) is 5.92 Å². The fraction of sp³-hybridized carbons (Fsp3) is 0.375. The minimum Gasteiger partial charge on any atom is -0.493 e. The molecule has 5 aromatic rings. The van der Waals surface area contributed by atoms with E-state index < -0.39 is 60.1 Å². The number of hydrogen-bond donors (Lipinski definition) is 3. The van der Waals surface area contributed by atoms with Crippen molar-refractivity contribution < 1.29 is 61.8 Å². The van der Waals surface area contributed by atoms with Crippen molar-refractivity contribution in [2.24, 2.45) is 5.92 Å². The molecule has 1 aliphatic heterocycles. The summed E-state index contributed by atoms with van der Waals surface area (Å²) in [6.45, 7) is 9.02. The molecule has 1 fully saturated rings. The Morgan fingerprint density at radius 2 is 1.45 bits per heavy atom. The summed E-state index contributed by atoms with van der Waals surface area (Å²) in [7, 11) is 0. The van der Waals surface area contributed by atoms with Crippen LogP contribution >= 0.6 is 0 Å². The van der Waals surface area contributed by atoms with Crippen LogP contribution in [0.4, 0.5) is 0 Å². The zero-order valence-corrected chi connectivity index (χ0v) is 42.1. The number of unbranched alkanes of at least 4 members (excludes halogenated alkanes) is 2. The van der Waals surface area contributed by atoms with Crippen molar-refractivity contribution in [2.45, 2.75) is 91.1 Å². The molecule has 0 saturated carbocycles. The van der Waals surface area contributed by atoms with E-state index in [2.05, 4.69) is 20.9 Å². The first-order chi connectivity index (χ1) is 36.0. The van der Waals surface area contributed by atoms with Crippen molar-refractivity contribution >= 4 is 42.0 Å². The van der Waals surface area contributed by atoms with Crippen LogP contribution in [0.1, 0.15) is 107 Å². The van der Waals surface area contributed by atoms with Gasteiger partial charge in [-0.25, -0.2) is 9.59 Å². The van der Waals surface area contributed by atoms with Crippen LogP contribution in [-0.4, -0.2) is 104 Å². The van der Waals surface area contributed by atoms with E-state index in [1.807, 2.05) is 31.2 Å². The quantitative estimate of drug-likeness (QED) is 0.0149. The summed E-state index contributed by atoms with van der Waals surface area (Å²) in [6.07, 6.45) is 2.98. The maximum Gasteiger partial charge on any atom is 0.363 e. The lowest BCUT2D eigenvalue weighted by molar-refractivity contribution is -0.171. The summed E-state index contributed by atoms with van der Waals surface area (Å²) in [6, 6.07) is 30.4. The summed E-state index contributed by atoms with van der Waals surface area (Å²) in [4.78, 5) is 101. The number of hydrogen-bond acceptors (Lipinski definition) is 14. The van der Waals surface area contributed by atoms with E-state index in [0.29, 0.717) is 56.6 Å². The lowest BCUT2D eigenvalue weighted by Crippen LogP contribution is -2.49. The van der Waals surface area contributed by atoms with Crippen LogP contribution in [0.3, 0.4) is 0 Å². The molecule has 1 aromatic heterocycles. The monoisotopic (exact) mass is 1020 g/mol. The van der Waals surface area contributed by atoms with Crippen LogP contribution in [0.2, 0.25) is 0 Å². The normalized spacial score (nSPS) is 13.6. The molecule has 0 bridgehead atoms. The molecule has 18 heteroatoms. The molecule has 3 atom stereocenters. The highest BCUT2D eigenvalue weighted by Gasteiger charge is 2.34.